The topological polar surface area (TPSA) is 88.2 Å². The highest BCUT2D eigenvalue weighted by Gasteiger charge is 2.12. The molecule has 1 amide bonds. The normalized spacial score (nSPS) is 10.2. The van der Waals surface area contributed by atoms with Crippen molar-refractivity contribution in [3.8, 4) is 5.75 Å². The molecule has 0 aliphatic rings. The largest absolute Gasteiger partial charge is 0.505 e. The maximum absolute atomic E-state index is 12.0. The van der Waals surface area contributed by atoms with Gasteiger partial charge in [0, 0.05) is 18.9 Å². The first-order valence-corrected chi connectivity index (χ1v) is 5.84. The summed E-state index contributed by atoms with van der Waals surface area (Å²) in [5.74, 6) is -0.549. The smallest absolute Gasteiger partial charge is 0.255 e. The van der Waals surface area contributed by atoms with Crippen molar-refractivity contribution in [1.29, 1.82) is 0 Å². The van der Waals surface area contributed by atoms with Gasteiger partial charge in [-0.2, -0.15) is 0 Å². The quantitative estimate of drug-likeness (QED) is 0.575. The third kappa shape index (κ3) is 2.82. The number of benzene rings is 1. The van der Waals surface area contributed by atoms with Crippen LogP contribution in [0, 0.1) is 6.92 Å². The molecular weight excluding hydrogens is 242 g/mol. The molecular formula is C14H15N3O2. The molecule has 0 spiro atoms. The number of nitrogen functional groups attached to an aromatic ring is 1. The minimum absolute atomic E-state index is 0.173. The van der Waals surface area contributed by atoms with Crippen LogP contribution in [0.5, 0.6) is 5.75 Å². The molecule has 1 aromatic heterocycles. The molecule has 0 bridgehead atoms. The highest BCUT2D eigenvalue weighted by atomic mass is 16.3. The lowest BCUT2D eigenvalue weighted by molar-refractivity contribution is 0.0948. The third-order valence-electron chi connectivity index (χ3n) is 2.89. The molecule has 4 N–H and O–H groups in total. The second-order valence-electron chi connectivity index (χ2n) is 4.23. The van der Waals surface area contributed by atoms with Gasteiger partial charge in [-0.15, -0.1) is 0 Å². The van der Waals surface area contributed by atoms with Gasteiger partial charge in [0.15, 0.2) is 5.75 Å². The van der Waals surface area contributed by atoms with E-state index >= 15 is 0 Å². The molecule has 5 nitrogen and oxygen atoms in total. The summed E-state index contributed by atoms with van der Waals surface area (Å²) < 4.78 is 0. The van der Waals surface area contributed by atoms with Gasteiger partial charge in [-0.25, -0.2) is 0 Å². The lowest BCUT2D eigenvalue weighted by Gasteiger charge is -2.09. The van der Waals surface area contributed by atoms with Gasteiger partial charge in [-0.05, 0) is 36.2 Å². The fraction of sp³-hybridized carbons (Fsp3) is 0.143. The van der Waals surface area contributed by atoms with Gasteiger partial charge in [0.05, 0.1) is 11.3 Å². The molecule has 0 aliphatic carbocycles. The van der Waals surface area contributed by atoms with Crippen molar-refractivity contribution in [1.82, 2.24) is 10.3 Å². The highest BCUT2D eigenvalue weighted by molar-refractivity contribution is 5.98. The van der Waals surface area contributed by atoms with E-state index in [0.29, 0.717) is 6.54 Å². The van der Waals surface area contributed by atoms with Gasteiger partial charge >= 0.3 is 0 Å². The zero-order valence-corrected chi connectivity index (χ0v) is 10.6. The predicted octanol–water partition coefficient (Wildman–Crippen LogP) is 1.61. The van der Waals surface area contributed by atoms with Crippen LogP contribution in [0.1, 0.15) is 21.5 Å². The first-order valence-electron chi connectivity index (χ1n) is 5.84. The number of nitrogens with one attached hydrogen (secondary N) is 1. The Hall–Kier alpha value is -2.56. The van der Waals surface area contributed by atoms with Gasteiger partial charge in [0.1, 0.15) is 0 Å². The Labute approximate surface area is 111 Å². The molecule has 2 aromatic rings. The van der Waals surface area contributed by atoms with Crippen LogP contribution in [0.3, 0.4) is 0 Å². The number of aromatic nitrogens is 1. The number of aromatic hydroxyl groups is 1. The molecule has 0 fully saturated rings. The van der Waals surface area contributed by atoms with E-state index in [-0.39, 0.29) is 22.9 Å². The van der Waals surface area contributed by atoms with Crippen molar-refractivity contribution in [2.45, 2.75) is 13.5 Å². The number of hydrogen-bond acceptors (Lipinski definition) is 4. The number of rotatable bonds is 3. The molecule has 0 atom stereocenters. The summed E-state index contributed by atoms with van der Waals surface area (Å²) in [5, 5.41) is 12.5. The monoisotopic (exact) mass is 257 g/mol. The van der Waals surface area contributed by atoms with Crippen molar-refractivity contribution in [3.05, 3.63) is 53.3 Å². The van der Waals surface area contributed by atoms with Crippen LogP contribution in [0.15, 0.2) is 36.7 Å². The van der Waals surface area contributed by atoms with Crippen LogP contribution in [-0.4, -0.2) is 16.0 Å². The van der Waals surface area contributed by atoms with E-state index in [2.05, 4.69) is 10.3 Å². The lowest BCUT2D eigenvalue weighted by atomic mass is 10.1. The van der Waals surface area contributed by atoms with Gasteiger partial charge in [-0.1, -0.05) is 6.07 Å². The number of carbonyl (C=O) groups excluding carboxylic acids is 1. The number of hydrogen-bond donors (Lipinski definition) is 3. The zero-order valence-electron chi connectivity index (χ0n) is 10.6. The minimum Gasteiger partial charge on any atom is -0.505 e. The average Bonchev–Trinajstić information content (AvgIpc) is 2.40. The molecule has 0 aliphatic heterocycles. The van der Waals surface area contributed by atoms with E-state index in [1.54, 1.807) is 24.5 Å². The van der Waals surface area contributed by atoms with Gasteiger partial charge in [-0.3, -0.25) is 9.78 Å². The number of phenolic OH excluding ortho intramolecular Hbond substituents is 1. The average molecular weight is 257 g/mol. The fourth-order valence-electron chi connectivity index (χ4n) is 1.72. The molecule has 0 unspecified atom stereocenters. The fourth-order valence-corrected chi connectivity index (χ4v) is 1.72. The summed E-state index contributed by atoms with van der Waals surface area (Å²) in [6.45, 7) is 2.30. The van der Waals surface area contributed by atoms with E-state index in [1.165, 1.54) is 6.07 Å². The van der Waals surface area contributed by atoms with Crippen molar-refractivity contribution < 1.29 is 9.90 Å². The molecule has 98 valence electrons. The van der Waals surface area contributed by atoms with E-state index in [9.17, 15) is 9.90 Å². The highest BCUT2D eigenvalue weighted by Crippen LogP contribution is 2.24. The number of carbonyl (C=O) groups is 1. The number of anilines is 1. The second kappa shape index (κ2) is 5.39. The summed E-state index contributed by atoms with van der Waals surface area (Å²) in [6.07, 6.45) is 3.41. The molecule has 2 rings (SSSR count). The van der Waals surface area contributed by atoms with Crippen LogP contribution in [0.25, 0.3) is 0 Å². The molecule has 1 heterocycles. The van der Waals surface area contributed by atoms with Crippen LogP contribution in [0.2, 0.25) is 0 Å². The van der Waals surface area contributed by atoms with E-state index in [1.807, 2.05) is 13.0 Å². The Morgan fingerprint density at radius 1 is 1.42 bits per heavy atom. The summed E-state index contributed by atoms with van der Waals surface area (Å²) in [7, 11) is 0. The second-order valence-corrected chi connectivity index (χ2v) is 4.23. The van der Waals surface area contributed by atoms with Gasteiger partial charge in [0.2, 0.25) is 0 Å². The first kappa shape index (κ1) is 12.9. The van der Waals surface area contributed by atoms with Crippen LogP contribution < -0.4 is 11.1 Å². The number of amides is 1. The summed E-state index contributed by atoms with van der Waals surface area (Å²) >= 11 is 0. The first-order chi connectivity index (χ1) is 9.09. The van der Waals surface area contributed by atoms with Crippen molar-refractivity contribution in [2.75, 3.05) is 5.73 Å². The third-order valence-corrected chi connectivity index (χ3v) is 2.89. The van der Waals surface area contributed by atoms with Crippen molar-refractivity contribution in [2.24, 2.45) is 0 Å². The van der Waals surface area contributed by atoms with Gasteiger partial charge < -0.3 is 16.2 Å². The minimum atomic E-state index is -0.360. The summed E-state index contributed by atoms with van der Waals surface area (Å²) in [6, 6.07) is 6.54. The van der Waals surface area contributed by atoms with Crippen molar-refractivity contribution in [3.63, 3.8) is 0 Å². The van der Waals surface area contributed by atoms with Crippen molar-refractivity contribution >= 4 is 11.6 Å². The van der Waals surface area contributed by atoms with E-state index in [0.717, 1.165) is 11.1 Å². The molecule has 0 saturated carbocycles. The number of phenols is 1. The number of pyridine rings is 1. The van der Waals surface area contributed by atoms with E-state index < -0.39 is 0 Å². The van der Waals surface area contributed by atoms with Crippen LogP contribution >= 0.6 is 0 Å². The Morgan fingerprint density at radius 3 is 2.95 bits per heavy atom. The Bertz CT molecular complexity index is 611. The maximum Gasteiger partial charge on any atom is 0.255 e. The molecule has 19 heavy (non-hydrogen) atoms. The van der Waals surface area contributed by atoms with Crippen LogP contribution in [-0.2, 0) is 6.54 Å². The number of aryl methyl sites for hydroxylation is 1. The Balaban J connectivity index is 2.10. The lowest BCUT2D eigenvalue weighted by Crippen LogP contribution is -2.23. The van der Waals surface area contributed by atoms with Crippen LogP contribution in [0.4, 0.5) is 5.69 Å². The standard InChI is InChI=1S/C14H15N3O2/c1-9-7-16-6-5-10(9)8-17-14(19)11-3-2-4-12(15)13(11)18/h2-7,18H,8,15H2,1H3,(H,17,19). The Kier molecular flexibility index (Phi) is 3.66. The Morgan fingerprint density at radius 2 is 2.21 bits per heavy atom. The number of para-hydroxylation sites is 1. The number of nitrogens with zero attached hydrogens (tertiary/aromatic N) is 1. The predicted molar refractivity (Wildman–Crippen MR) is 72.7 cm³/mol. The molecule has 1 aromatic carbocycles. The SMILES string of the molecule is Cc1cnccc1CNC(=O)c1cccc(N)c1O. The molecule has 0 saturated heterocycles. The summed E-state index contributed by atoms with van der Waals surface area (Å²) in [4.78, 5) is 15.9. The summed E-state index contributed by atoms with van der Waals surface area (Å²) in [5.41, 5.74) is 7.89. The maximum atomic E-state index is 12.0. The van der Waals surface area contributed by atoms with E-state index in [4.69, 9.17) is 5.73 Å². The molecule has 0 radical (unpaired) electrons. The zero-order chi connectivity index (χ0) is 13.8. The number of nitrogens with two attached hydrogens (primary N) is 1. The van der Waals surface area contributed by atoms with Gasteiger partial charge in [0.25, 0.3) is 5.91 Å². The molecule has 5 heteroatoms.